The summed E-state index contributed by atoms with van der Waals surface area (Å²) in [7, 11) is 0. The Bertz CT molecular complexity index is 395. The molecule has 0 aliphatic carbocycles. The van der Waals surface area contributed by atoms with E-state index in [1.807, 2.05) is 38.1 Å². The topological polar surface area (TPSA) is 29.1 Å². The van der Waals surface area contributed by atoms with E-state index < -0.39 is 0 Å². The SMILES string of the molecule is CC(C)c1ccc(C(=O)NCC(C)(C)CCl)cc1. The molecule has 1 aromatic carbocycles. The van der Waals surface area contributed by atoms with Crippen molar-refractivity contribution in [3.05, 3.63) is 35.4 Å². The summed E-state index contributed by atoms with van der Waals surface area (Å²) >= 11 is 5.83. The fourth-order valence-corrected chi connectivity index (χ4v) is 1.58. The average Bonchev–Trinajstić information content (AvgIpc) is 2.36. The van der Waals surface area contributed by atoms with Crippen molar-refractivity contribution in [2.75, 3.05) is 12.4 Å². The maximum absolute atomic E-state index is 11.9. The van der Waals surface area contributed by atoms with Gasteiger partial charge in [0, 0.05) is 18.0 Å². The number of alkyl halides is 1. The zero-order valence-electron chi connectivity index (χ0n) is 11.6. The lowest BCUT2D eigenvalue weighted by Crippen LogP contribution is -2.34. The molecule has 0 aromatic heterocycles. The molecule has 0 spiro atoms. The maximum Gasteiger partial charge on any atom is 0.251 e. The third kappa shape index (κ3) is 4.34. The van der Waals surface area contributed by atoms with Crippen molar-refractivity contribution in [3.63, 3.8) is 0 Å². The van der Waals surface area contributed by atoms with Crippen molar-refractivity contribution >= 4 is 17.5 Å². The zero-order valence-corrected chi connectivity index (χ0v) is 12.3. The molecular weight excluding hydrogens is 246 g/mol. The Hall–Kier alpha value is -1.02. The van der Waals surface area contributed by atoms with Gasteiger partial charge in [-0.25, -0.2) is 0 Å². The molecule has 0 unspecified atom stereocenters. The highest BCUT2D eigenvalue weighted by Crippen LogP contribution is 2.17. The summed E-state index contributed by atoms with van der Waals surface area (Å²) in [6, 6.07) is 7.76. The van der Waals surface area contributed by atoms with Crippen LogP contribution in [-0.2, 0) is 0 Å². The number of carbonyl (C=O) groups excluding carboxylic acids is 1. The summed E-state index contributed by atoms with van der Waals surface area (Å²) in [6.07, 6.45) is 0. The van der Waals surface area contributed by atoms with Gasteiger partial charge in [-0.2, -0.15) is 0 Å². The van der Waals surface area contributed by atoms with E-state index in [0.717, 1.165) is 0 Å². The van der Waals surface area contributed by atoms with Crippen LogP contribution < -0.4 is 5.32 Å². The largest absolute Gasteiger partial charge is 0.351 e. The molecule has 1 amide bonds. The van der Waals surface area contributed by atoms with Crippen LogP contribution in [0, 0.1) is 5.41 Å². The van der Waals surface area contributed by atoms with Crippen LogP contribution in [0.15, 0.2) is 24.3 Å². The molecule has 0 saturated carbocycles. The Balaban J connectivity index is 2.62. The minimum absolute atomic E-state index is 0.0384. The number of carbonyl (C=O) groups is 1. The van der Waals surface area contributed by atoms with Gasteiger partial charge in [-0.15, -0.1) is 11.6 Å². The number of amides is 1. The fourth-order valence-electron chi connectivity index (χ4n) is 1.49. The normalized spacial score (nSPS) is 11.7. The molecule has 0 aliphatic heterocycles. The molecule has 1 aromatic rings. The highest BCUT2D eigenvalue weighted by atomic mass is 35.5. The van der Waals surface area contributed by atoms with E-state index in [0.29, 0.717) is 23.9 Å². The van der Waals surface area contributed by atoms with Crippen molar-refractivity contribution in [2.45, 2.75) is 33.6 Å². The quantitative estimate of drug-likeness (QED) is 0.808. The smallest absolute Gasteiger partial charge is 0.251 e. The van der Waals surface area contributed by atoms with Crippen LogP contribution in [-0.4, -0.2) is 18.3 Å². The molecule has 100 valence electrons. The van der Waals surface area contributed by atoms with Gasteiger partial charge in [-0.3, -0.25) is 4.79 Å². The molecule has 0 atom stereocenters. The first kappa shape index (κ1) is 15.0. The zero-order chi connectivity index (χ0) is 13.8. The molecule has 0 fully saturated rings. The van der Waals surface area contributed by atoms with Crippen LogP contribution in [0.5, 0.6) is 0 Å². The van der Waals surface area contributed by atoms with E-state index in [-0.39, 0.29) is 11.3 Å². The molecule has 2 nitrogen and oxygen atoms in total. The van der Waals surface area contributed by atoms with Crippen LogP contribution in [0.4, 0.5) is 0 Å². The Morgan fingerprint density at radius 1 is 1.28 bits per heavy atom. The molecule has 18 heavy (non-hydrogen) atoms. The number of hydrogen-bond acceptors (Lipinski definition) is 1. The maximum atomic E-state index is 11.9. The number of nitrogens with one attached hydrogen (secondary N) is 1. The van der Waals surface area contributed by atoms with Crippen LogP contribution >= 0.6 is 11.6 Å². The minimum Gasteiger partial charge on any atom is -0.351 e. The van der Waals surface area contributed by atoms with E-state index in [2.05, 4.69) is 19.2 Å². The summed E-state index contributed by atoms with van der Waals surface area (Å²) in [5.41, 5.74) is 1.87. The first-order valence-electron chi connectivity index (χ1n) is 6.30. The Morgan fingerprint density at radius 3 is 2.28 bits per heavy atom. The predicted octanol–water partition coefficient (Wildman–Crippen LogP) is 3.80. The van der Waals surface area contributed by atoms with E-state index in [9.17, 15) is 4.79 Å². The first-order valence-corrected chi connectivity index (χ1v) is 6.83. The van der Waals surface area contributed by atoms with Crippen molar-refractivity contribution in [3.8, 4) is 0 Å². The van der Waals surface area contributed by atoms with Crippen LogP contribution in [0.3, 0.4) is 0 Å². The summed E-state index contributed by atoms with van der Waals surface area (Å²) in [6.45, 7) is 8.92. The summed E-state index contributed by atoms with van der Waals surface area (Å²) in [5.74, 6) is 0.973. The van der Waals surface area contributed by atoms with Gasteiger partial charge in [0.25, 0.3) is 5.91 Å². The Kier molecular flexibility index (Phi) is 5.21. The lowest BCUT2D eigenvalue weighted by molar-refractivity contribution is 0.0940. The standard InChI is InChI=1S/C15H22ClNO/c1-11(2)12-5-7-13(8-6-12)14(18)17-10-15(3,4)9-16/h5-8,11H,9-10H2,1-4H3,(H,17,18). The van der Waals surface area contributed by atoms with Gasteiger partial charge in [0.1, 0.15) is 0 Å². The highest BCUT2D eigenvalue weighted by molar-refractivity contribution is 6.18. The predicted molar refractivity (Wildman–Crippen MR) is 77.4 cm³/mol. The van der Waals surface area contributed by atoms with E-state index in [1.165, 1.54) is 5.56 Å². The monoisotopic (exact) mass is 267 g/mol. The average molecular weight is 268 g/mol. The molecule has 0 radical (unpaired) electrons. The summed E-state index contributed by atoms with van der Waals surface area (Å²) in [5, 5.41) is 2.92. The molecule has 0 heterocycles. The number of hydrogen-bond donors (Lipinski definition) is 1. The first-order chi connectivity index (χ1) is 8.35. The van der Waals surface area contributed by atoms with Gasteiger partial charge in [-0.1, -0.05) is 39.8 Å². The lowest BCUT2D eigenvalue weighted by atomic mass is 9.96. The summed E-state index contributed by atoms with van der Waals surface area (Å²) in [4.78, 5) is 11.9. The second-order valence-electron chi connectivity index (χ2n) is 5.76. The van der Waals surface area contributed by atoms with Crippen LogP contribution in [0.2, 0.25) is 0 Å². The molecule has 3 heteroatoms. The van der Waals surface area contributed by atoms with E-state index in [4.69, 9.17) is 11.6 Å². The fraction of sp³-hybridized carbons (Fsp3) is 0.533. The van der Waals surface area contributed by atoms with Gasteiger partial charge in [0.05, 0.1) is 0 Å². The third-order valence-electron chi connectivity index (χ3n) is 2.93. The van der Waals surface area contributed by atoms with E-state index in [1.54, 1.807) is 0 Å². The van der Waals surface area contributed by atoms with Gasteiger partial charge in [-0.05, 0) is 29.0 Å². The molecule has 0 saturated heterocycles. The number of benzene rings is 1. The molecule has 0 aliphatic rings. The molecule has 1 rings (SSSR count). The summed E-state index contributed by atoms with van der Waals surface area (Å²) < 4.78 is 0. The number of halogens is 1. The number of rotatable bonds is 5. The molecule has 1 N–H and O–H groups in total. The molecular formula is C15H22ClNO. The van der Waals surface area contributed by atoms with Crippen molar-refractivity contribution < 1.29 is 4.79 Å². The van der Waals surface area contributed by atoms with Gasteiger partial charge >= 0.3 is 0 Å². The Labute approximate surface area is 115 Å². The van der Waals surface area contributed by atoms with Crippen LogP contribution in [0.1, 0.15) is 49.5 Å². The van der Waals surface area contributed by atoms with Crippen molar-refractivity contribution in [1.82, 2.24) is 5.32 Å². The van der Waals surface area contributed by atoms with Crippen molar-refractivity contribution in [1.29, 1.82) is 0 Å². The van der Waals surface area contributed by atoms with Gasteiger partial charge in [0.2, 0.25) is 0 Å². The van der Waals surface area contributed by atoms with E-state index >= 15 is 0 Å². The second kappa shape index (κ2) is 6.24. The molecule has 0 bridgehead atoms. The van der Waals surface area contributed by atoms with Crippen molar-refractivity contribution in [2.24, 2.45) is 5.41 Å². The minimum atomic E-state index is -0.0743. The second-order valence-corrected chi connectivity index (χ2v) is 6.02. The third-order valence-corrected chi connectivity index (χ3v) is 3.65. The van der Waals surface area contributed by atoms with Gasteiger partial charge < -0.3 is 5.32 Å². The van der Waals surface area contributed by atoms with Crippen LogP contribution in [0.25, 0.3) is 0 Å². The highest BCUT2D eigenvalue weighted by Gasteiger charge is 2.17. The lowest BCUT2D eigenvalue weighted by Gasteiger charge is -2.21. The van der Waals surface area contributed by atoms with Gasteiger partial charge in [0.15, 0.2) is 0 Å². The Morgan fingerprint density at radius 2 is 1.83 bits per heavy atom.